The van der Waals surface area contributed by atoms with E-state index in [1.54, 1.807) is 0 Å². The van der Waals surface area contributed by atoms with Gasteiger partial charge in [0.15, 0.2) is 0 Å². The molecule has 2 aliphatic rings. The average Bonchev–Trinajstić information content (AvgIpc) is 2.33. The van der Waals surface area contributed by atoms with Crippen LogP contribution in [0.3, 0.4) is 0 Å². The van der Waals surface area contributed by atoms with Gasteiger partial charge in [-0.2, -0.15) is 0 Å². The summed E-state index contributed by atoms with van der Waals surface area (Å²) in [4.78, 5) is 0. The van der Waals surface area contributed by atoms with Gasteiger partial charge in [-0.25, -0.2) is 5.01 Å². The summed E-state index contributed by atoms with van der Waals surface area (Å²) in [6, 6.07) is 0. The first-order valence-corrected chi connectivity index (χ1v) is 3.93. The largest absolute Gasteiger partial charge is 0.381 e. The standard InChI is InChI=1S/C7H14N2O/c8-9-2-1-6-4-10-5-7(6)3-9/h6-7H,1-5,8H2/t6-,7-/m0/s1. The van der Waals surface area contributed by atoms with E-state index in [0.717, 1.165) is 38.1 Å². The molecule has 0 spiro atoms. The molecule has 0 aromatic carbocycles. The Hall–Kier alpha value is -0.120. The minimum absolute atomic E-state index is 0.721. The fourth-order valence-electron chi connectivity index (χ4n) is 1.89. The lowest BCUT2D eigenvalue weighted by atomic mass is 9.90. The van der Waals surface area contributed by atoms with Gasteiger partial charge < -0.3 is 4.74 Å². The van der Waals surface area contributed by atoms with Gasteiger partial charge in [0.05, 0.1) is 6.61 Å². The van der Waals surface area contributed by atoms with Crippen LogP contribution in [0.4, 0.5) is 0 Å². The molecule has 3 nitrogen and oxygen atoms in total. The maximum absolute atomic E-state index is 5.67. The smallest absolute Gasteiger partial charge is 0.0510 e. The van der Waals surface area contributed by atoms with Crippen molar-refractivity contribution in [3.8, 4) is 0 Å². The summed E-state index contributed by atoms with van der Waals surface area (Å²) in [7, 11) is 0. The van der Waals surface area contributed by atoms with Gasteiger partial charge >= 0.3 is 0 Å². The second kappa shape index (κ2) is 2.49. The van der Waals surface area contributed by atoms with Gasteiger partial charge in [-0.05, 0) is 12.3 Å². The Labute approximate surface area is 61.1 Å². The number of nitrogens with two attached hydrogens (primary N) is 1. The molecule has 0 unspecified atom stereocenters. The number of ether oxygens (including phenoxy) is 1. The number of hydrogen-bond acceptors (Lipinski definition) is 3. The quantitative estimate of drug-likeness (QED) is 0.477. The maximum atomic E-state index is 5.67. The van der Waals surface area contributed by atoms with Crippen LogP contribution in [0.1, 0.15) is 6.42 Å². The molecule has 2 rings (SSSR count). The van der Waals surface area contributed by atoms with Crippen molar-refractivity contribution in [1.29, 1.82) is 0 Å². The fraction of sp³-hybridized carbons (Fsp3) is 1.00. The minimum atomic E-state index is 0.721. The molecule has 2 saturated heterocycles. The third-order valence-electron chi connectivity index (χ3n) is 2.59. The second-order valence-corrected chi connectivity index (χ2v) is 3.34. The summed E-state index contributed by atoms with van der Waals surface area (Å²) in [6.45, 7) is 3.98. The summed E-state index contributed by atoms with van der Waals surface area (Å²) >= 11 is 0. The van der Waals surface area contributed by atoms with E-state index in [1.165, 1.54) is 6.42 Å². The Bertz CT molecular complexity index is 129. The van der Waals surface area contributed by atoms with Crippen molar-refractivity contribution in [3.05, 3.63) is 0 Å². The lowest BCUT2D eigenvalue weighted by Crippen LogP contribution is -2.43. The SMILES string of the molecule is NN1CC[C@H]2COC[C@@H]2C1. The van der Waals surface area contributed by atoms with Gasteiger partial charge in [0.25, 0.3) is 0 Å². The van der Waals surface area contributed by atoms with Crippen molar-refractivity contribution < 1.29 is 4.74 Å². The third-order valence-corrected chi connectivity index (χ3v) is 2.59. The number of hydrazine groups is 1. The molecular weight excluding hydrogens is 128 g/mol. The molecule has 0 aliphatic carbocycles. The molecule has 0 aromatic rings. The maximum Gasteiger partial charge on any atom is 0.0510 e. The Balaban J connectivity index is 1.96. The highest BCUT2D eigenvalue weighted by Gasteiger charge is 2.32. The molecule has 2 N–H and O–H groups in total. The highest BCUT2D eigenvalue weighted by molar-refractivity contribution is 4.81. The summed E-state index contributed by atoms with van der Waals surface area (Å²) in [5.41, 5.74) is 0. The van der Waals surface area contributed by atoms with E-state index >= 15 is 0 Å². The fourth-order valence-corrected chi connectivity index (χ4v) is 1.89. The van der Waals surface area contributed by atoms with Gasteiger partial charge in [0, 0.05) is 25.6 Å². The van der Waals surface area contributed by atoms with Gasteiger partial charge in [-0.1, -0.05) is 0 Å². The Kier molecular flexibility index (Phi) is 1.64. The van der Waals surface area contributed by atoms with E-state index < -0.39 is 0 Å². The van der Waals surface area contributed by atoms with Crippen molar-refractivity contribution in [3.63, 3.8) is 0 Å². The summed E-state index contributed by atoms with van der Waals surface area (Å²) in [5, 5.41) is 1.91. The highest BCUT2D eigenvalue weighted by atomic mass is 16.5. The van der Waals surface area contributed by atoms with Crippen LogP contribution in [-0.4, -0.2) is 31.3 Å². The molecule has 0 radical (unpaired) electrons. The van der Waals surface area contributed by atoms with Crippen LogP contribution in [0.25, 0.3) is 0 Å². The highest BCUT2D eigenvalue weighted by Crippen LogP contribution is 2.27. The zero-order chi connectivity index (χ0) is 6.97. The Morgan fingerprint density at radius 3 is 3.00 bits per heavy atom. The first kappa shape index (κ1) is 6.58. The predicted molar refractivity (Wildman–Crippen MR) is 38.2 cm³/mol. The lowest BCUT2D eigenvalue weighted by Gasteiger charge is -2.30. The normalized spacial score (nSPS) is 41.7. The van der Waals surface area contributed by atoms with Crippen molar-refractivity contribution in [2.24, 2.45) is 17.7 Å². The first-order chi connectivity index (χ1) is 4.86. The van der Waals surface area contributed by atoms with Crippen molar-refractivity contribution in [1.82, 2.24) is 5.01 Å². The van der Waals surface area contributed by atoms with Crippen LogP contribution in [-0.2, 0) is 4.74 Å². The number of fused-ring (bicyclic) bond motifs is 1. The van der Waals surface area contributed by atoms with Crippen molar-refractivity contribution >= 4 is 0 Å². The third kappa shape index (κ3) is 1.05. The van der Waals surface area contributed by atoms with Crippen molar-refractivity contribution in [2.75, 3.05) is 26.3 Å². The van der Waals surface area contributed by atoms with Crippen LogP contribution in [0.15, 0.2) is 0 Å². The monoisotopic (exact) mass is 142 g/mol. The molecule has 2 aliphatic heterocycles. The van der Waals surface area contributed by atoms with E-state index in [-0.39, 0.29) is 0 Å². The second-order valence-electron chi connectivity index (χ2n) is 3.34. The minimum Gasteiger partial charge on any atom is -0.381 e. The first-order valence-electron chi connectivity index (χ1n) is 3.93. The van der Waals surface area contributed by atoms with E-state index in [9.17, 15) is 0 Å². The Morgan fingerprint density at radius 2 is 2.10 bits per heavy atom. The van der Waals surface area contributed by atoms with Crippen LogP contribution >= 0.6 is 0 Å². The average molecular weight is 142 g/mol. The number of rotatable bonds is 0. The molecule has 2 atom stereocenters. The van der Waals surface area contributed by atoms with Gasteiger partial charge in [0.2, 0.25) is 0 Å². The summed E-state index contributed by atoms with van der Waals surface area (Å²) in [6.07, 6.45) is 1.22. The molecule has 0 saturated carbocycles. The molecule has 0 bridgehead atoms. The van der Waals surface area contributed by atoms with Crippen LogP contribution < -0.4 is 5.84 Å². The lowest BCUT2D eigenvalue weighted by molar-refractivity contribution is 0.149. The summed E-state index contributed by atoms with van der Waals surface area (Å²) in [5.74, 6) is 7.19. The van der Waals surface area contributed by atoms with E-state index in [0.29, 0.717) is 0 Å². The van der Waals surface area contributed by atoms with Crippen molar-refractivity contribution in [2.45, 2.75) is 6.42 Å². The number of nitrogens with zero attached hydrogens (tertiary/aromatic N) is 1. The molecule has 2 heterocycles. The summed E-state index contributed by atoms with van der Waals surface area (Å²) < 4.78 is 5.36. The molecular formula is C7H14N2O. The topological polar surface area (TPSA) is 38.5 Å². The van der Waals surface area contributed by atoms with Gasteiger partial charge in [0.1, 0.15) is 0 Å². The predicted octanol–water partition coefficient (Wildman–Crippen LogP) is -0.172. The van der Waals surface area contributed by atoms with Gasteiger partial charge in [-0.3, -0.25) is 5.84 Å². The molecule has 3 heteroatoms. The number of piperidine rings is 1. The zero-order valence-corrected chi connectivity index (χ0v) is 6.12. The zero-order valence-electron chi connectivity index (χ0n) is 6.12. The molecule has 10 heavy (non-hydrogen) atoms. The van der Waals surface area contributed by atoms with E-state index in [1.807, 2.05) is 5.01 Å². The van der Waals surface area contributed by atoms with Crippen LogP contribution in [0.2, 0.25) is 0 Å². The molecule has 0 aromatic heterocycles. The molecule has 58 valence electrons. The molecule has 0 amide bonds. The number of hydrogen-bond donors (Lipinski definition) is 1. The van der Waals surface area contributed by atoms with E-state index in [2.05, 4.69) is 0 Å². The van der Waals surface area contributed by atoms with Gasteiger partial charge in [-0.15, -0.1) is 0 Å². The Morgan fingerprint density at radius 1 is 1.30 bits per heavy atom. The van der Waals surface area contributed by atoms with E-state index in [4.69, 9.17) is 10.6 Å². The molecule has 2 fully saturated rings. The van der Waals surface area contributed by atoms with Crippen LogP contribution in [0, 0.1) is 11.8 Å². The van der Waals surface area contributed by atoms with Crippen LogP contribution in [0.5, 0.6) is 0 Å².